The monoisotopic (exact) mass is 703 g/mol. The van der Waals surface area contributed by atoms with Crippen LogP contribution in [0.15, 0.2) is 115 Å². The molecule has 4 aromatic carbocycles. The normalized spacial score (nSPS) is 20.5. The van der Waals surface area contributed by atoms with Crippen molar-refractivity contribution in [1.82, 2.24) is 10.3 Å². The van der Waals surface area contributed by atoms with Crippen molar-refractivity contribution in [3.05, 3.63) is 154 Å². The Morgan fingerprint density at radius 3 is 2.12 bits per heavy atom. The number of anilines is 1. The number of carbonyl (C=O) groups excluding carboxylic acids is 2. The van der Waals surface area contributed by atoms with E-state index in [2.05, 4.69) is 10.3 Å². The number of pyridine rings is 1. The molecule has 8 rings (SSSR count). The highest BCUT2D eigenvalue weighted by Crippen LogP contribution is 2.62. The lowest BCUT2D eigenvalue weighted by Crippen LogP contribution is -2.55. The van der Waals surface area contributed by atoms with Gasteiger partial charge in [0.1, 0.15) is 18.9 Å². The molecule has 2 saturated carbocycles. The first-order valence-corrected chi connectivity index (χ1v) is 17.4. The van der Waals surface area contributed by atoms with Crippen molar-refractivity contribution in [2.24, 2.45) is 5.41 Å². The van der Waals surface area contributed by atoms with Crippen molar-refractivity contribution in [2.75, 3.05) is 4.90 Å². The highest BCUT2D eigenvalue weighted by molar-refractivity contribution is 6.11. The summed E-state index contributed by atoms with van der Waals surface area (Å²) < 4.78 is 51.0. The van der Waals surface area contributed by atoms with Gasteiger partial charge >= 0.3 is 6.18 Å². The van der Waals surface area contributed by atoms with E-state index >= 15 is 0 Å². The second-order valence-electron chi connectivity index (χ2n) is 14.1. The second kappa shape index (κ2) is 13.5. The lowest BCUT2D eigenvalue weighted by atomic mass is 9.49. The Morgan fingerprint density at radius 2 is 1.46 bits per heavy atom. The van der Waals surface area contributed by atoms with Crippen LogP contribution >= 0.6 is 0 Å². The van der Waals surface area contributed by atoms with Crippen molar-refractivity contribution in [2.45, 2.75) is 63.6 Å². The van der Waals surface area contributed by atoms with Crippen LogP contribution in [0.5, 0.6) is 11.8 Å². The number of alkyl halides is 3. The van der Waals surface area contributed by atoms with Gasteiger partial charge in [-0.2, -0.15) is 18.2 Å². The third-order valence-electron chi connectivity index (χ3n) is 10.5. The first kappa shape index (κ1) is 33.5. The predicted octanol–water partition coefficient (Wildman–Crippen LogP) is 8.88. The van der Waals surface area contributed by atoms with E-state index < -0.39 is 11.7 Å². The lowest BCUT2D eigenvalue weighted by Gasteiger charge is -2.58. The number of rotatable bonds is 10. The molecule has 2 heterocycles. The first-order chi connectivity index (χ1) is 25.1. The van der Waals surface area contributed by atoms with Gasteiger partial charge in [-0.1, -0.05) is 72.8 Å². The summed E-state index contributed by atoms with van der Waals surface area (Å²) in [7, 11) is 0. The fourth-order valence-electron chi connectivity index (χ4n) is 7.78. The zero-order chi connectivity index (χ0) is 35.9. The molecule has 5 aromatic rings. The summed E-state index contributed by atoms with van der Waals surface area (Å²) in [6, 6.07) is 33.6. The Hall–Kier alpha value is -5.64. The summed E-state index contributed by atoms with van der Waals surface area (Å²) in [5.74, 6) is 0.478. The summed E-state index contributed by atoms with van der Waals surface area (Å²) >= 11 is 0. The van der Waals surface area contributed by atoms with Crippen molar-refractivity contribution >= 4 is 17.5 Å². The number of fused-ring (bicyclic) bond motifs is 1. The van der Waals surface area contributed by atoms with Crippen LogP contribution in [0, 0.1) is 5.41 Å². The van der Waals surface area contributed by atoms with Gasteiger partial charge in [-0.3, -0.25) is 14.5 Å². The Morgan fingerprint density at radius 1 is 0.808 bits per heavy atom. The van der Waals surface area contributed by atoms with Crippen molar-refractivity contribution in [3.63, 3.8) is 0 Å². The number of halogens is 3. The molecule has 264 valence electrons. The standard InChI is InChI=1S/C42H36F3N3O4/c43-42(44,45)33-14-11-29(12-15-33)32-20-41(21-32)22-34(23-41)46-38(49)30-13-16-35-31(19-30)24-48(40(35)50)36-17-18-37(51-25-27-7-3-1-4-8-27)47-39(36)52-26-28-9-5-2-6-10-28/h1-19,32,34H,20-26H2,(H,46,49). The first-order valence-electron chi connectivity index (χ1n) is 17.4. The van der Waals surface area contributed by atoms with Gasteiger partial charge in [0, 0.05) is 23.2 Å². The number of carbonyl (C=O) groups is 2. The maximum Gasteiger partial charge on any atom is 0.416 e. The summed E-state index contributed by atoms with van der Waals surface area (Å²) in [4.78, 5) is 33.3. The van der Waals surface area contributed by atoms with Gasteiger partial charge < -0.3 is 14.8 Å². The molecule has 1 spiro atoms. The predicted molar refractivity (Wildman–Crippen MR) is 189 cm³/mol. The molecule has 7 nitrogen and oxygen atoms in total. The van der Waals surface area contributed by atoms with Gasteiger partial charge in [0.05, 0.1) is 12.1 Å². The van der Waals surface area contributed by atoms with Crippen molar-refractivity contribution < 1.29 is 32.2 Å². The van der Waals surface area contributed by atoms with Gasteiger partial charge in [-0.05, 0) is 95.7 Å². The summed E-state index contributed by atoms with van der Waals surface area (Å²) in [5, 5.41) is 3.15. The minimum absolute atomic E-state index is 0.0328. The average Bonchev–Trinajstić information content (AvgIpc) is 3.45. The van der Waals surface area contributed by atoms with Crippen LogP contribution in [-0.4, -0.2) is 22.8 Å². The number of hydrogen-bond acceptors (Lipinski definition) is 5. The van der Waals surface area contributed by atoms with Crippen LogP contribution in [0.25, 0.3) is 0 Å². The molecule has 1 N–H and O–H groups in total. The van der Waals surface area contributed by atoms with E-state index in [0.717, 1.165) is 60.1 Å². The second-order valence-corrected chi connectivity index (χ2v) is 14.1. The molecule has 52 heavy (non-hydrogen) atoms. The van der Waals surface area contributed by atoms with Crippen LogP contribution < -0.4 is 19.7 Å². The molecule has 10 heteroatoms. The maximum atomic E-state index is 13.7. The number of nitrogens with zero attached hydrogens (tertiary/aromatic N) is 2. The molecule has 2 amide bonds. The number of nitrogens with one attached hydrogen (secondary N) is 1. The smallest absolute Gasteiger partial charge is 0.416 e. The van der Waals surface area contributed by atoms with Crippen LogP contribution in [-0.2, 0) is 25.9 Å². The zero-order valence-corrected chi connectivity index (χ0v) is 28.2. The number of amides is 2. The Bertz CT molecular complexity index is 2090. The summed E-state index contributed by atoms with van der Waals surface area (Å²) in [6.07, 6.45) is -0.828. The molecule has 0 bridgehead atoms. The summed E-state index contributed by atoms with van der Waals surface area (Å²) in [5.41, 5.74) is 4.62. The number of benzene rings is 4. The molecule has 0 atom stereocenters. The van der Waals surface area contributed by atoms with E-state index in [9.17, 15) is 22.8 Å². The number of hydrogen-bond donors (Lipinski definition) is 1. The SMILES string of the molecule is O=C(NC1CC2(C1)CC(c1ccc(C(F)(F)F)cc1)C2)c1ccc2c(c1)CN(c1ccc(OCc3ccccc3)nc1OCc1ccccc1)C2=O. The topological polar surface area (TPSA) is 80.8 Å². The Balaban J connectivity index is 0.907. The molecule has 3 aliphatic rings. The van der Waals surface area contributed by atoms with Crippen molar-refractivity contribution in [3.8, 4) is 11.8 Å². The molecule has 1 aliphatic heterocycles. The third kappa shape index (κ3) is 6.85. The third-order valence-corrected chi connectivity index (χ3v) is 10.5. The maximum absolute atomic E-state index is 13.7. The van der Waals surface area contributed by atoms with E-state index in [1.165, 1.54) is 0 Å². The highest BCUT2D eigenvalue weighted by Gasteiger charge is 2.53. The van der Waals surface area contributed by atoms with E-state index in [1.54, 1.807) is 47.4 Å². The van der Waals surface area contributed by atoms with Crippen LogP contribution in [0.3, 0.4) is 0 Å². The highest BCUT2D eigenvalue weighted by atomic mass is 19.4. The molecule has 2 fully saturated rings. The minimum Gasteiger partial charge on any atom is -0.473 e. The van der Waals surface area contributed by atoms with E-state index in [0.29, 0.717) is 29.3 Å². The molecule has 0 unspecified atom stereocenters. The Labute approximate surface area is 299 Å². The molecule has 1 aromatic heterocycles. The largest absolute Gasteiger partial charge is 0.473 e. The molecular formula is C42H36F3N3O4. The number of aromatic nitrogens is 1. The van der Waals surface area contributed by atoms with E-state index in [4.69, 9.17) is 9.47 Å². The minimum atomic E-state index is -4.34. The van der Waals surface area contributed by atoms with Gasteiger partial charge in [0.25, 0.3) is 11.8 Å². The average molecular weight is 704 g/mol. The van der Waals surface area contributed by atoms with Gasteiger partial charge in [-0.25, -0.2) is 0 Å². The van der Waals surface area contributed by atoms with Crippen LogP contribution in [0.1, 0.15) is 80.1 Å². The molecule has 0 saturated heterocycles. The van der Waals surface area contributed by atoms with Crippen molar-refractivity contribution in [1.29, 1.82) is 0 Å². The molecule has 2 aliphatic carbocycles. The van der Waals surface area contributed by atoms with Crippen LogP contribution in [0.2, 0.25) is 0 Å². The number of ether oxygens (including phenoxy) is 2. The van der Waals surface area contributed by atoms with E-state index in [1.807, 2.05) is 60.7 Å². The van der Waals surface area contributed by atoms with E-state index in [-0.39, 0.29) is 48.2 Å². The lowest BCUT2D eigenvalue weighted by molar-refractivity contribution is -0.137. The van der Waals surface area contributed by atoms with Gasteiger partial charge in [-0.15, -0.1) is 0 Å². The quantitative estimate of drug-likeness (QED) is 0.157. The fraction of sp³-hybridized carbons (Fsp3) is 0.262. The van der Waals surface area contributed by atoms with Crippen LogP contribution in [0.4, 0.5) is 18.9 Å². The van der Waals surface area contributed by atoms with Gasteiger partial charge in [0.15, 0.2) is 0 Å². The zero-order valence-electron chi connectivity index (χ0n) is 28.2. The fourth-order valence-corrected chi connectivity index (χ4v) is 7.78. The molecular weight excluding hydrogens is 667 g/mol. The summed E-state index contributed by atoms with van der Waals surface area (Å²) in [6.45, 7) is 0.830. The molecule has 0 radical (unpaired) electrons. The Kier molecular flexibility index (Phi) is 8.69. The van der Waals surface area contributed by atoms with Gasteiger partial charge in [0.2, 0.25) is 11.8 Å².